The molecule has 1 aliphatic carbocycles. The standard InChI is InChI=1S/C18H36OSi/c1-15(14-19-20(6,7)18(3,4)5)13-16(2)17-11-9-8-10-12-17/h15,17H,2,8-14H2,1,3-7H3. The molecule has 1 nitrogen and oxygen atoms in total. The first-order valence-electron chi connectivity index (χ1n) is 8.45. The highest BCUT2D eigenvalue weighted by Crippen LogP contribution is 2.37. The van der Waals surface area contributed by atoms with E-state index >= 15 is 0 Å². The lowest BCUT2D eigenvalue weighted by Crippen LogP contribution is -2.41. The van der Waals surface area contributed by atoms with Crippen molar-refractivity contribution in [2.75, 3.05) is 6.61 Å². The Balaban J connectivity index is 2.36. The summed E-state index contributed by atoms with van der Waals surface area (Å²) in [6.07, 6.45) is 8.12. The third-order valence-electron chi connectivity index (χ3n) is 5.33. The molecule has 0 radical (unpaired) electrons. The summed E-state index contributed by atoms with van der Waals surface area (Å²) < 4.78 is 6.34. The Morgan fingerprint density at radius 1 is 1.20 bits per heavy atom. The summed E-state index contributed by atoms with van der Waals surface area (Å²) in [7, 11) is -1.59. The van der Waals surface area contributed by atoms with Crippen molar-refractivity contribution in [3.63, 3.8) is 0 Å². The molecule has 1 saturated carbocycles. The molecule has 118 valence electrons. The number of rotatable bonds is 6. The summed E-state index contributed by atoms with van der Waals surface area (Å²) in [5.74, 6) is 1.40. The Morgan fingerprint density at radius 3 is 2.25 bits per heavy atom. The van der Waals surface area contributed by atoms with Gasteiger partial charge in [-0.1, -0.05) is 59.1 Å². The topological polar surface area (TPSA) is 9.23 Å². The summed E-state index contributed by atoms with van der Waals surface area (Å²) in [6, 6.07) is 0. The molecule has 20 heavy (non-hydrogen) atoms. The van der Waals surface area contributed by atoms with Crippen LogP contribution >= 0.6 is 0 Å². The van der Waals surface area contributed by atoms with E-state index in [1.165, 1.54) is 37.7 Å². The molecule has 0 N–H and O–H groups in total. The van der Waals surface area contributed by atoms with Crippen LogP contribution in [0.1, 0.15) is 66.2 Å². The Hall–Kier alpha value is -0.0831. The van der Waals surface area contributed by atoms with Crippen LogP contribution in [-0.4, -0.2) is 14.9 Å². The van der Waals surface area contributed by atoms with Gasteiger partial charge in [-0.15, -0.1) is 0 Å². The SMILES string of the molecule is C=C(CC(C)CO[Si](C)(C)C(C)(C)C)C1CCCCC1. The minimum absolute atomic E-state index is 0.313. The summed E-state index contributed by atoms with van der Waals surface area (Å²) >= 11 is 0. The molecule has 0 aromatic heterocycles. The zero-order valence-electron chi connectivity index (χ0n) is 14.7. The molecule has 1 rings (SSSR count). The highest BCUT2D eigenvalue weighted by molar-refractivity contribution is 6.74. The largest absolute Gasteiger partial charge is 0.417 e. The maximum atomic E-state index is 6.34. The fraction of sp³-hybridized carbons (Fsp3) is 0.889. The second kappa shape index (κ2) is 7.26. The van der Waals surface area contributed by atoms with Crippen molar-refractivity contribution in [3.05, 3.63) is 12.2 Å². The third-order valence-corrected chi connectivity index (χ3v) is 9.83. The summed E-state index contributed by atoms with van der Waals surface area (Å²) in [4.78, 5) is 0. The van der Waals surface area contributed by atoms with Crippen molar-refractivity contribution in [2.24, 2.45) is 11.8 Å². The van der Waals surface area contributed by atoms with E-state index in [-0.39, 0.29) is 0 Å². The van der Waals surface area contributed by atoms with Crippen molar-refractivity contribution in [1.82, 2.24) is 0 Å². The number of hydrogen-bond donors (Lipinski definition) is 0. The van der Waals surface area contributed by atoms with E-state index in [0.717, 1.165) is 18.9 Å². The molecule has 1 atom stereocenters. The van der Waals surface area contributed by atoms with Crippen molar-refractivity contribution < 1.29 is 4.43 Å². The lowest BCUT2D eigenvalue weighted by molar-refractivity contribution is 0.232. The lowest BCUT2D eigenvalue weighted by Gasteiger charge is -2.37. The van der Waals surface area contributed by atoms with E-state index in [4.69, 9.17) is 4.43 Å². The quantitative estimate of drug-likeness (QED) is 0.420. The molecule has 0 amide bonds. The minimum atomic E-state index is -1.59. The molecule has 2 heteroatoms. The predicted octanol–water partition coefficient (Wildman–Crippen LogP) is 6.17. The summed E-state index contributed by atoms with van der Waals surface area (Å²) in [5, 5.41) is 0.313. The fourth-order valence-corrected chi connectivity index (χ4v) is 3.89. The van der Waals surface area contributed by atoms with Gasteiger partial charge in [-0.25, -0.2) is 0 Å². The molecule has 0 aromatic rings. The van der Waals surface area contributed by atoms with Gasteiger partial charge in [-0.05, 0) is 49.2 Å². The second-order valence-corrected chi connectivity index (χ2v) is 13.2. The van der Waals surface area contributed by atoms with Crippen LogP contribution in [0, 0.1) is 11.8 Å². The van der Waals surface area contributed by atoms with Gasteiger partial charge >= 0.3 is 0 Å². The highest BCUT2D eigenvalue weighted by atomic mass is 28.4. The molecule has 0 saturated heterocycles. The first-order valence-corrected chi connectivity index (χ1v) is 11.4. The molecular weight excluding hydrogens is 260 g/mol. The monoisotopic (exact) mass is 296 g/mol. The van der Waals surface area contributed by atoms with Gasteiger partial charge in [-0.3, -0.25) is 0 Å². The van der Waals surface area contributed by atoms with E-state index in [1.807, 2.05) is 0 Å². The van der Waals surface area contributed by atoms with Crippen LogP contribution in [0.4, 0.5) is 0 Å². The highest BCUT2D eigenvalue weighted by Gasteiger charge is 2.37. The predicted molar refractivity (Wildman–Crippen MR) is 92.6 cm³/mol. The smallest absolute Gasteiger partial charge is 0.191 e. The minimum Gasteiger partial charge on any atom is -0.417 e. The average Bonchev–Trinajstić information content (AvgIpc) is 2.36. The normalized spacial score (nSPS) is 19.9. The van der Waals surface area contributed by atoms with Gasteiger partial charge < -0.3 is 4.43 Å². The van der Waals surface area contributed by atoms with Crippen LogP contribution in [0.3, 0.4) is 0 Å². The van der Waals surface area contributed by atoms with Gasteiger partial charge in [-0.2, -0.15) is 0 Å². The third kappa shape index (κ3) is 5.36. The van der Waals surface area contributed by atoms with Crippen LogP contribution in [-0.2, 0) is 4.43 Å². The zero-order chi connectivity index (χ0) is 15.4. The Bertz CT molecular complexity index is 308. The average molecular weight is 297 g/mol. The molecule has 0 aliphatic heterocycles. The van der Waals surface area contributed by atoms with E-state index in [1.54, 1.807) is 0 Å². The molecule has 1 fully saturated rings. The van der Waals surface area contributed by atoms with Crippen molar-refractivity contribution >= 4 is 8.32 Å². The van der Waals surface area contributed by atoms with Crippen LogP contribution in [0.15, 0.2) is 12.2 Å². The van der Waals surface area contributed by atoms with Crippen molar-refractivity contribution in [2.45, 2.75) is 84.4 Å². The molecular formula is C18H36OSi. The maximum absolute atomic E-state index is 6.34. The molecule has 0 aromatic carbocycles. The Labute approximate surface area is 128 Å². The van der Waals surface area contributed by atoms with Gasteiger partial charge in [0.1, 0.15) is 0 Å². The Morgan fingerprint density at radius 2 is 1.75 bits per heavy atom. The van der Waals surface area contributed by atoms with Gasteiger partial charge in [0.2, 0.25) is 0 Å². The Kier molecular flexibility index (Phi) is 6.52. The molecule has 0 bridgehead atoms. The zero-order valence-corrected chi connectivity index (χ0v) is 15.7. The van der Waals surface area contributed by atoms with Gasteiger partial charge in [0.25, 0.3) is 0 Å². The molecule has 1 aliphatic rings. The fourth-order valence-electron chi connectivity index (χ4n) is 2.75. The van der Waals surface area contributed by atoms with E-state index < -0.39 is 8.32 Å². The van der Waals surface area contributed by atoms with Gasteiger partial charge in [0.05, 0.1) is 0 Å². The van der Waals surface area contributed by atoms with E-state index in [9.17, 15) is 0 Å². The number of hydrogen-bond acceptors (Lipinski definition) is 1. The second-order valence-electron chi connectivity index (χ2n) is 8.37. The van der Waals surface area contributed by atoms with Crippen LogP contribution < -0.4 is 0 Å². The molecule has 0 spiro atoms. The van der Waals surface area contributed by atoms with Crippen molar-refractivity contribution in [3.8, 4) is 0 Å². The van der Waals surface area contributed by atoms with Gasteiger partial charge in [0, 0.05) is 6.61 Å². The lowest BCUT2D eigenvalue weighted by atomic mass is 9.81. The van der Waals surface area contributed by atoms with E-state index in [0.29, 0.717) is 11.0 Å². The van der Waals surface area contributed by atoms with Gasteiger partial charge in [0.15, 0.2) is 8.32 Å². The van der Waals surface area contributed by atoms with Crippen LogP contribution in [0.5, 0.6) is 0 Å². The first-order chi connectivity index (χ1) is 9.13. The number of allylic oxidation sites excluding steroid dienone is 1. The van der Waals surface area contributed by atoms with E-state index in [2.05, 4.69) is 47.4 Å². The molecule has 1 unspecified atom stereocenters. The first kappa shape index (κ1) is 18.0. The summed E-state index contributed by atoms with van der Waals surface area (Å²) in [5.41, 5.74) is 1.48. The van der Waals surface area contributed by atoms with Crippen molar-refractivity contribution in [1.29, 1.82) is 0 Å². The van der Waals surface area contributed by atoms with Crippen LogP contribution in [0.25, 0.3) is 0 Å². The summed E-state index contributed by atoms with van der Waals surface area (Å²) in [6.45, 7) is 19.2. The molecule has 0 heterocycles. The van der Waals surface area contributed by atoms with Crippen LogP contribution in [0.2, 0.25) is 18.1 Å². The maximum Gasteiger partial charge on any atom is 0.191 e.